The quantitative estimate of drug-likeness (QED) is 0.885. The molecule has 0 bridgehead atoms. The van der Waals surface area contributed by atoms with Crippen molar-refractivity contribution in [1.82, 2.24) is 5.32 Å². The van der Waals surface area contributed by atoms with Gasteiger partial charge in [-0.1, -0.05) is 25.1 Å². The molecule has 2 rings (SSSR count). The Labute approximate surface area is 110 Å². The van der Waals surface area contributed by atoms with Gasteiger partial charge in [-0.25, -0.2) is 0 Å². The summed E-state index contributed by atoms with van der Waals surface area (Å²) in [4.78, 5) is 2.46. The van der Waals surface area contributed by atoms with Crippen LogP contribution >= 0.6 is 0 Å². The van der Waals surface area contributed by atoms with E-state index in [9.17, 15) is 0 Å². The van der Waals surface area contributed by atoms with Gasteiger partial charge in [0, 0.05) is 38.5 Å². The predicted molar refractivity (Wildman–Crippen MR) is 76.0 cm³/mol. The van der Waals surface area contributed by atoms with Gasteiger partial charge in [-0.15, -0.1) is 0 Å². The van der Waals surface area contributed by atoms with Crippen LogP contribution in [-0.2, 0) is 11.3 Å². The van der Waals surface area contributed by atoms with E-state index >= 15 is 0 Å². The lowest BCUT2D eigenvalue weighted by molar-refractivity contribution is 0.123. The summed E-state index contributed by atoms with van der Waals surface area (Å²) >= 11 is 0. The van der Waals surface area contributed by atoms with Gasteiger partial charge in [-0.2, -0.15) is 0 Å². The minimum absolute atomic E-state index is 0.258. The Balaban J connectivity index is 2.22. The van der Waals surface area contributed by atoms with Gasteiger partial charge in [0.2, 0.25) is 0 Å². The van der Waals surface area contributed by atoms with E-state index in [0.717, 1.165) is 26.1 Å². The smallest absolute Gasteiger partial charge is 0.0718 e. The topological polar surface area (TPSA) is 24.5 Å². The number of rotatable bonds is 4. The van der Waals surface area contributed by atoms with Crippen LogP contribution in [0.15, 0.2) is 24.3 Å². The molecular formula is C15H24N2O. The summed E-state index contributed by atoms with van der Waals surface area (Å²) in [5, 5.41) is 3.63. The number of methoxy groups -OCH3 is 1. The molecule has 1 aliphatic rings. The van der Waals surface area contributed by atoms with Crippen molar-refractivity contribution < 1.29 is 4.74 Å². The number of para-hydroxylation sites is 1. The van der Waals surface area contributed by atoms with Gasteiger partial charge in [0.05, 0.1) is 6.10 Å². The molecule has 2 atom stereocenters. The van der Waals surface area contributed by atoms with Crippen LogP contribution in [0.4, 0.5) is 5.69 Å². The van der Waals surface area contributed by atoms with Crippen molar-refractivity contribution in [3.05, 3.63) is 29.8 Å². The van der Waals surface area contributed by atoms with E-state index in [1.54, 1.807) is 7.11 Å². The molecule has 2 unspecified atom stereocenters. The Bertz CT molecular complexity index is 381. The molecule has 18 heavy (non-hydrogen) atoms. The molecule has 3 nitrogen and oxygen atoms in total. The van der Waals surface area contributed by atoms with Gasteiger partial charge >= 0.3 is 0 Å². The predicted octanol–water partition coefficient (Wildman–Crippen LogP) is 2.41. The highest BCUT2D eigenvalue weighted by Gasteiger charge is 2.21. The molecular weight excluding hydrogens is 224 g/mol. The third-order valence-corrected chi connectivity index (χ3v) is 3.73. The molecule has 0 radical (unpaired) electrons. The van der Waals surface area contributed by atoms with E-state index < -0.39 is 0 Å². The van der Waals surface area contributed by atoms with Gasteiger partial charge in [0.15, 0.2) is 0 Å². The summed E-state index contributed by atoms with van der Waals surface area (Å²) < 4.78 is 5.42. The first kappa shape index (κ1) is 13.4. The van der Waals surface area contributed by atoms with Crippen molar-refractivity contribution in [1.29, 1.82) is 0 Å². The second kappa shape index (κ2) is 6.21. The van der Waals surface area contributed by atoms with Crippen molar-refractivity contribution in [3.8, 4) is 0 Å². The average Bonchev–Trinajstić information content (AvgIpc) is 2.59. The van der Waals surface area contributed by atoms with Gasteiger partial charge in [0.25, 0.3) is 0 Å². The van der Waals surface area contributed by atoms with E-state index in [2.05, 4.69) is 48.3 Å². The fourth-order valence-electron chi connectivity index (χ4n) is 2.48. The maximum Gasteiger partial charge on any atom is 0.0718 e. The van der Waals surface area contributed by atoms with E-state index in [1.807, 2.05) is 0 Å². The number of benzene rings is 1. The molecule has 1 aromatic rings. The SMILES string of the molecule is CCC1CN(CC(C)OC)c2ccccc2CN1. The van der Waals surface area contributed by atoms with Crippen molar-refractivity contribution in [2.24, 2.45) is 0 Å². The lowest BCUT2D eigenvalue weighted by atomic mass is 10.1. The fourth-order valence-corrected chi connectivity index (χ4v) is 2.48. The second-order valence-corrected chi connectivity index (χ2v) is 5.07. The zero-order chi connectivity index (χ0) is 13.0. The lowest BCUT2D eigenvalue weighted by Crippen LogP contribution is -2.41. The average molecular weight is 248 g/mol. The highest BCUT2D eigenvalue weighted by Crippen LogP contribution is 2.24. The highest BCUT2D eigenvalue weighted by molar-refractivity contribution is 5.54. The zero-order valence-electron chi connectivity index (χ0n) is 11.6. The molecule has 0 spiro atoms. The highest BCUT2D eigenvalue weighted by atomic mass is 16.5. The summed E-state index contributed by atoms with van der Waals surface area (Å²) in [6, 6.07) is 9.23. The van der Waals surface area contributed by atoms with Gasteiger partial charge < -0.3 is 15.0 Å². The molecule has 0 amide bonds. The molecule has 100 valence electrons. The van der Waals surface area contributed by atoms with Crippen molar-refractivity contribution in [2.45, 2.75) is 39.0 Å². The third-order valence-electron chi connectivity index (χ3n) is 3.73. The van der Waals surface area contributed by atoms with Crippen molar-refractivity contribution in [2.75, 3.05) is 25.1 Å². The monoisotopic (exact) mass is 248 g/mol. The van der Waals surface area contributed by atoms with Crippen molar-refractivity contribution >= 4 is 5.69 Å². The minimum Gasteiger partial charge on any atom is -0.380 e. The van der Waals surface area contributed by atoms with Crippen LogP contribution < -0.4 is 10.2 Å². The van der Waals surface area contributed by atoms with Gasteiger partial charge in [-0.3, -0.25) is 0 Å². The molecule has 0 saturated carbocycles. The number of hydrogen-bond donors (Lipinski definition) is 1. The molecule has 0 fully saturated rings. The molecule has 1 heterocycles. The molecule has 0 saturated heterocycles. The zero-order valence-corrected chi connectivity index (χ0v) is 11.6. The molecule has 3 heteroatoms. The van der Waals surface area contributed by atoms with Crippen LogP contribution in [0, 0.1) is 0 Å². The van der Waals surface area contributed by atoms with E-state index in [-0.39, 0.29) is 6.10 Å². The maximum atomic E-state index is 5.42. The second-order valence-electron chi connectivity index (χ2n) is 5.07. The summed E-state index contributed by atoms with van der Waals surface area (Å²) in [5.74, 6) is 0. The number of fused-ring (bicyclic) bond motifs is 1. The van der Waals surface area contributed by atoms with Crippen LogP contribution in [0.1, 0.15) is 25.8 Å². The Morgan fingerprint density at radius 3 is 2.94 bits per heavy atom. The molecule has 1 aliphatic heterocycles. The molecule has 1 aromatic carbocycles. The number of ether oxygens (including phenoxy) is 1. The van der Waals surface area contributed by atoms with Crippen molar-refractivity contribution in [3.63, 3.8) is 0 Å². The minimum atomic E-state index is 0.258. The summed E-state index contributed by atoms with van der Waals surface area (Å²) in [7, 11) is 1.78. The normalized spacial score (nSPS) is 21.3. The van der Waals surface area contributed by atoms with Gasteiger partial charge in [-0.05, 0) is 25.0 Å². The van der Waals surface area contributed by atoms with Crippen LogP contribution in [0.3, 0.4) is 0 Å². The van der Waals surface area contributed by atoms with Crippen LogP contribution in [-0.4, -0.2) is 32.3 Å². The first-order chi connectivity index (χ1) is 8.74. The molecule has 0 aliphatic carbocycles. The number of nitrogens with one attached hydrogen (secondary N) is 1. The van der Waals surface area contributed by atoms with E-state index in [1.165, 1.54) is 11.3 Å². The fraction of sp³-hybridized carbons (Fsp3) is 0.600. The first-order valence-electron chi connectivity index (χ1n) is 6.83. The Kier molecular flexibility index (Phi) is 4.61. The Morgan fingerprint density at radius 2 is 2.22 bits per heavy atom. The van der Waals surface area contributed by atoms with Crippen LogP contribution in [0.25, 0.3) is 0 Å². The third kappa shape index (κ3) is 3.03. The Hall–Kier alpha value is -1.06. The number of hydrogen-bond acceptors (Lipinski definition) is 3. The van der Waals surface area contributed by atoms with E-state index in [0.29, 0.717) is 6.04 Å². The summed E-state index contributed by atoms with van der Waals surface area (Å²) in [6.07, 6.45) is 1.42. The molecule has 1 N–H and O–H groups in total. The summed E-state index contributed by atoms with van der Waals surface area (Å²) in [5.41, 5.74) is 2.74. The number of nitrogens with zero attached hydrogens (tertiary/aromatic N) is 1. The van der Waals surface area contributed by atoms with Gasteiger partial charge in [0.1, 0.15) is 0 Å². The lowest BCUT2D eigenvalue weighted by Gasteiger charge is -2.29. The summed E-state index contributed by atoms with van der Waals surface area (Å²) in [6.45, 7) is 7.34. The number of anilines is 1. The standard InChI is InChI=1S/C15H24N2O/c1-4-14-11-17(10-12(2)18-3)15-8-6-5-7-13(15)9-16-14/h5-8,12,14,16H,4,9-11H2,1-3H3. The largest absolute Gasteiger partial charge is 0.380 e. The van der Waals surface area contributed by atoms with E-state index in [4.69, 9.17) is 4.74 Å². The first-order valence-corrected chi connectivity index (χ1v) is 6.83. The Morgan fingerprint density at radius 1 is 1.44 bits per heavy atom. The van der Waals surface area contributed by atoms with Crippen LogP contribution in [0.5, 0.6) is 0 Å². The molecule has 0 aromatic heterocycles. The van der Waals surface area contributed by atoms with Crippen LogP contribution in [0.2, 0.25) is 0 Å². The maximum absolute atomic E-state index is 5.42.